The summed E-state index contributed by atoms with van der Waals surface area (Å²) < 4.78 is 5.83. The number of aromatic nitrogens is 1. The number of hydrogen-bond acceptors (Lipinski definition) is 6. The molecule has 1 aromatic carbocycles. The van der Waals surface area contributed by atoms with Gasteiger partial charge in [0.15, 0.2) is 0 Å². The average Bonchev–Trinajstić information content (AvgIpc) is 3.52. The smallest absolute Gasteiger partial charge is 0.119 e. The van der Waals surface area contributed by atoms with Gasteiger partial charge in [0.05, 0.1) is 17.1 Å². The minimum Gasteiger partial charge on any atom is -0.494 e. The Hall–Kier alpha value is -2.46. The van der Waals surface area contributed by atoms with Gasteiger partial charge >= 0.3 is 0 Å². The molecule has 2 heterocycles. The highest BCUT2D eigenvalue weighted by Crippen LogP contribution is 2.44. The van der Waals surface area contributed by atoms with E-state index in [-0.39, 0.29) is 12.0 Å². The molecule has 5 rings (SSSR count). The van der Waals surface area contributed by atoms with Gasteiger partial charge in [-0.2, -0.15) is 5.26 Å². The van der Waals surface area contributed by atoms with Crippen molar-refractivity contribution in [3.8, 4) is 16.5 Å². The Bertz CT molecular complexity index is 1110. The Morgan fingerprint density at radius 3 is 2.91 bits per heavy atom. The lowest BCUT2D eigenvalue weighted by Crippen LogP contribution is -2.29. The van der Waals surface area contributed by atoms with E-state index in [9.17, 15) is 5.26 Å². The van der Waals surface area contributed by atoms with E-state index in [2.05, 4.69) is 35.2 Å². The Labute approximate surface area is 194 Å². The van der Waals surface area contributed by atoms with Gasteiger partial charge in [-0.3, -0.25) is 4.90 Å². The number of nitrogens with zero attached hydrogens (tertiary/aromatic N) is 3. The predicted molar refractivity (Wildman–Crippen MR) is 129 cm³/mol. The largest absolute Gasteiger partial charge is 0.494 e. The van der Waals surface area contributed by atoms with Crippen molar-refractivity contribution in [2.24, 2.45) is 11.7 Å². The summed E-state index contributed by atoms with van der Waals surface area (Å²) in [5.41, 5.74) is 11.5. The summed E-state index contributed by atoms with van der Waals surface area (Å²) >= 11 is 1.73. The lowest BCUT2D eigenvalue weighted by molar-refractivity contribution is 0.129. The summed E-state index contributed by atoms with van der Waals surface area (Å²) in [6, 6.07) is 9.92. The molecule has 0 amide bonds. The molecule has 1 saturated heterocycles. The first-order chi connectivity index (χ1) is 15.5. The minimum atomic E-state index is -0.252. The molecule has 0 bridgehead atoms. The van der Waals surface area contributed by atoms with Crippen LogP contribution in [-0.2, 0) is 11.2 Å². The maximum Gasteiger partial charge on any atom is 0.119 e. The molecule has 6 heteroatoms. The number of nitriles is 1. The summed E-state index contributed by atoms with van der Waals surface area (Å²) in [5, 5.41) is 10.6. The molecular weight excluding hydrogens is 416 g/mol. The zero-order valence-electron chi connectivity index (χ0n) is 18.8. The molecule has 2 N–H and O–H groups in total. The Morgan fingerprint density at radius 1 is 1.28 bits per heavy atom. The highest BCUT2D eigenvalue weighted by Gasteiger charge is 2.33. The number of allylic oxidation sites excluding steroid dienone is 4. The highest BCUT2D eigenvalue weighted by molar-refractivity contribution is 7.16. The van der Waals surface area contributed by atoms with Gasteiger partial charge in [0, 0.05) is 31.4 Å². The van der Waals surface area contributed by atoms with Crippen molar-refractivity contribution in [1.29, 1.82) is 5.26 Å². The van der Waals surface area contributed by atoms with Crippen LogP contribution in [0, 0.1) is 17.2 Å². The van der Waals surface area contributed by atoms with Gasteiger partial charge in [0.1, 0.15) is 16.7 Å². The SMILES string of the molecule is CC(C)OC1=CC=C(c2ncc(-c3cccc4c3CCC4N3CC[C@H](N)C3)s2)CC1C#N. The molecule has 2 aliphatic carbocycles. The molecule has 166 valence electrons. The van der Waals surface area contributed by atoms with Crippen molar-refractivity contribution in [2.45, 2.75) is 57.7 Å². The summed E-state index contributed by atoms with van der Waals surface area (Å²) in [7, 11) is 0. The van der Waals surface area contributed by atoms with Gasteiger partial charge in [-0.15, -0.1) is 11.3 Å². The fraction of sp³-hybridized carbons (Fsp3) is 0.462. The van der Waals surface area contributed by atoms with E-state index in [1.807, 2.05) is 26.1 Å². The summed E-state index contributed by atoms with van der Waals surface area (Å²) in [5.74, 6) is 0.509. The van der Waals surface area contributed by atoms with Crippen molar-refractivity contribution < 1.29 is 4.74 Å². The molecule has 5 nitrogen and oxygen atoms in total. The normalized spacial score (nSPS) is 25.4. The van der Waals surface area contributed by atoms with Crippen LogP contribution in [-0.4, -0.2) is 35.1 Å². The van der Waals surface area contributed by atoms with Crippen LogP contribution in [0.3, 0.4) is 0 Å². The van der Waals surface area contributed by atoms with E-state index in [1.54, 1.807) is 11.3 Å². The summed E-state index contributed by atoms with van der Waals surface area (Å²) in [6.07, 6.45) is 10.1. The molecular formula is C26H30N4OS. The van der Waals surface area contributed by atoms with Crippen molar-refractivity contribution in [3.05, 3.63) is 58.4 Å². The lowest BCUT2D eigenvalue weighted by atomic mass is 9.94. The monoisotopic (exact) mass is 446 g/mol. The fourth-order valence-electron chi connectivity index (χ4n) is 5.24. The second kappa shape index (κ2) is 8.82. The summed E-state index contributed by atoms with van der Waals surface area (Å²) in [4.78, 5) is 8.52. The second-order valence-electron chi connectivity index (χ2n) is 9.31. The van der Waals surface area contributed by atoms with E-state index in [4.69, 9.17) is 15.5 Å². The molecule has 3 aliphatic rings. The van der Waals surface area contributed by atoms with Gasteiger partial charge in [-0.1, -0.05) is 24.3 Å². The number of likely N-dealkylation sites (tertiary alicyclic amines) is 1. The van der Waals surface area contributed by atoms with Crippen LogP contribution in [0.4, 0.5) is 0 Å². The number of nitrogens with two attached hydrogens (primary N) is 1. The van der Waals surface area contributed by atoms with Crippen molar-refractivity contribution in [2.75, 3.05) is 13.1 Å². The van der Waals surface area contributed by atoms with Crippen LogP contribution >= 0.6 is 11.3 Å². The van der Waals surface area contributed by atoms with Crippen molar-refractivity contribution in [1.82, 2.24) is 9.88 Å². The molecule has 0 saturated carbocycles. The molecule has 32 heavy (non-hydrogen) atoms. The number of hydrogen-bond donors (Lipinski definition) is 1. The lowest BCUT2D eigenvalue weighted by Gasteiger charge is -2.24. The Balaban J connectivity index is 1.41. The highest BCUT2D eigenvalue weighted by atomic mass is 32.1. The van der Waals surface area contributed by atoms with E-state index in [0.29, 0.717) is 18.5 Å². The predicted octanol–water partition coefficient (Wildman–Crippen LogP) is 5.07. The second-order valence-corrected chi connectivity index (χ2v) is 10.3. The number of thiazole rings is 1. The topological polar surface area (TPSA) is 75.2 Å². The zero-order chi connectivity index (χ0) is 22.2. The number of rotatable bonds is 5. The molecule has 1 aromatic heterocycles. The van der Waals surface area contributed by atoms with E-state index in [1.165, 1.54) is 28.0 Å². The third-order valence-corrected chi connectivity index (χ3v) is 7.83. The third-order valence-electron chi connectivity index (χ3n) is 6.73. The van der Waals surface area contributed by atoms with E-state index in [0.717, 1.165) is 42.3 Å². The number of benzene rings is 1. The number of ether oxygens (including phenoxy) is 1. The maximum absolute atomic E-state index is 9.63. The molecule has 1 aliphatic heterocycles. The zero-order valence-corrected chi connectivity index (χ0v) is 19.6. The molecule has 2 unspecified atom stereocenters. The third kappa shape index (κ3) is 4.01. The Kier molecular flexibility index (Phi) is 5.90. The van der Waals surface area contributed by atoms with Gasteiger partial charge in [-0.05, 0) is 67.9 Å². The van der Waals surface area contributed by atoms with Crippen LogP contribution in [0.2, 0.25) is 0 Å². The first-order valence-electron chi connectivity index (χ1n) is 11.6. The van der Waals surface area contributed by atoms with Gasteiger partial charge in [0.25, 0.3) is 0 Å². The van der Waals surface area contributed by atoms with Gasteiger partial charge in [0.2, 0.25) is 0 Å². The van der Waals surface area contributed by atoms with E-state index >= 15 is 0 Å². The van der Waals surface area contributed by atoms with E-state index < -0.39 is 0 Å². The van der Waals surface area contributed by atoms with Crippen LogP contribution in [0.1, 0.15) is 55.3 Å². The van der Waals surface area contributed by atoms with Gasteiger partial charge < -0.3 is 10.5 Å². The molecule has 1 fully saturated rings. The first-order valence-corrected chi connectivity index (χ1v) is 12.4. The standard InChI is InChI=1S/C26H30N4OS/c1-16(2)31-24-9-6-17(12-18(24)13-27)26-29-14-25(32-26)22-5-3-4-21-20(22)7-8-23(21)30-11-10-19(28)15-30/h3-6,9,14,16,18-19,23H,7-8,10-12,15,28H2,1-2H3/t18?,19-,23?/m0/s1. The van der Waals surface area contributed by atoms with Crippen molar-refractivity contribution >= 4 is 16.9 Å². The molecule has 0 radical (unpaired) electrons. The Morgan fingerprint density at radius 2 is 2.16 bits per heavy atom. The van der Waals surface area contributed by atoms with Crippen LogP contribution in [0.15, 0.2) is 42.3 Å². The molecule has 2 aromatic rings. The first kappa shape index (κ1) is 21.4. The maximum atomic E-state index is 9.63. The quantitative estimate of drug-likeness (QED) is 0.694. The van der Waals surface area contributed by atoms with Crippen LogP contribution < -0.4 is 5.73 Å². The molecule has 3 atom stereocenters. The minimum absolute atomic E-state index is 0.0683. The fourth-order valence-corrected chi connectivity index (χ4v) is 6.24. The van der Waals surface area contributed by atoms with Crippen LogP contribution in [0.25, 0.3) is 16.0 Å². The van der Waals surface area contributed by atoms with Crippen LogP contribution in [0.5, 0.6) is 0 Å². The summed E-state index contributed by atoms with van der Waals surface area (Å²) in [6.45, 7) is 6.08. The average molecular weight is 447 g/mol. The number of fused-ring (bicyclic) bond motifs is 1. The molecule has 0 spiro atoms. The van der Waals surface area contributed by atoms with Gasteiger partial charge in [-0.25, -0.2) is 4.98 Å². The van der Waals surface area contributed by atoms with Crippen molar-refractivity contribution in [3.63, 3.8) is 0 Å².